The second kappa shape index (κ2) is 9.43. The van der Waals surface area contributed by atoms with E-state index in [4.69, 9.17) is 14.1 Å². The Bertz CT molecular complexity index is 697. The van der Waals surface area contributed by atoms with Gasteiger partial charge in [0.2, 0.25) is 0 Å². The summed E-state index contributed by atoms with van der Waals surface area (Å²) in [6.07, 6.45) is 3.69. The van der Waals surface area contributed by atoms with Crippen LogP contribution in [-0.2, 0) is 11.2 Å². The predicted molar refractivity (Wildman–Crippen MR) is 104 cm³/mol. The van der Waals surface area contributed by atoms with E-state index in [1.165, 1.54) is 11.1 Å². The number of hydrogen-bond acceptors (Lipinski definition) is 3. The van der Waals surface area contributed by atoms with Gasteiger partial charge in [0.25, 0.3) is 0 Å². The van der Waals surface area contributed by atoms with Crippen molar-refractivity contribution in [1.29, 1.82) is 0 Å². The van der Waals surface area contributed by atoms with E-state index in [2.05, 4.69) is 48.3 Å². The Balaban J connectivity index is 1.64. The summed E-state index contributed by atoms with van der Waals surface area (Å²) in [5.41, 5.74) is 2.54. The van der Waals surface area contributed by atoms with Crippen molar-refractivity contribution in [2.45, 2.75) is 32.8 Å². The Morgan fingerprint density at radius 1 is 1.27 bits per heavy atom. The molecule has 5 heteroatoms. The van der Waals surface area contributed by atoms with E-state index in [-0.39, 0.29) is 6.10 Å². The van der Waals surface area contributed by atoms with Gasteiger partial charge in [0.05, 0.1) is 19.4 Å². The average molecular weight is 355 g/mol. The van der Waals surface area contributed by atoms with Gasteiger partial charge < -0.3 is 19.4 Å². The molecule has 0 saturated carbocycles. The first-order valence-corrected chi connectivity index (χ1v) is 9.50. The Morgan fingerprint density at radius 2 is 2.15 bits per heavy atom. The molecule has 0 aliphatic carbocycles. The molecule has 2 aromatic rings. The topological polar surface area (TPSA) is 50.0 Å². The lowest BCUT2D eigenvalue weighted by atomic mass is 10.0. The number of nitrogens with one attached hydrogen (secondary N) is 1. The highest BCUT2D eigenvalue weighted by atomic mass is 16.5. The van der Waals surface area contributed by atoms with E-state index >= 15 is 0 Å². The van der Waals surface area contributed by atoms with Crippen LogP contribution in [0.1, 0.15) is 36.3 Å². The van der Waals surface area contributed by atoms with E-state index in [0.717, 1.165) is 50.7 Å². The monoisotopic (exact) mass is 355 g/mol. The second-order valence-electron chi connectivity index (χ2n) is 6.62. The highest BCUT2D eigenvalue weighted by molar-refractivity contribution is 5.80. The Hall–Kier alpha value is -2.27. The second-order valence-corrected chi connectivity index (χ2v) is 6.62. The standard InChI is InChI=1S/C21H29N3O2/c1-3-11-22-21(23-12-10-18-8-6-14-25-18)24-13-15-26-20(16-24)19-9-5-4-7-17(19)2/h4-9,14,20H,3,10-13,15-16H2,1-2H3,(H,22,23). The fraction of sp³-hybridized carbons (Fsp3) is 0.476. The normalized spacial score (nSPS) is 18.2. The number of aryl methyl sites for hydroxylation is 1. The number of furan rings is 1. The van der Waals surface area contributed by atoms with Crippen molar-refractivity contribution in [3.63, 3.8) is 0 Å². The van der Waals surface area contributed by atoms with Crippen molar-refractivity contribution in [3.8, 4) is 0 Å². The summed E-state index contributed by atoms with van der Waals surface area (Å²) in [6, 6.07) is 12.4. The Labute approximate surface area is 156 Å². The Kier molecular flexibility index (Phi) is 6.72. The maximum atomic E-state index is 6.05. The molecular formula is C21H29N3O2. The number of benzene rings is 1. The van der Waals surface area contributed by atoms with Gasteiger partial charge in [0.15, 0.2) is 5.96 Å². The quantitative estimate of drug-likeness (QED) is 0.636. The highest BCUT2D eigenvalue weighted by Crippen LogP contribution is 2.25. The molecule has 1 aliphatic rings. The fourth-order valence-electron chi connectivity index (χ4n) is 3.22. The summed E-state index contributed by atoms with van der Waals surface area (Å²) in [5.74, 6) is 1.97. The zero-order chi connectivity index (χ0) is 18.2. The lowest BCUT2D eigenvalue weighted by Crippen LogP contribution is -2.48. The van der Waals surface area contributed by atoms with Gasteiger partial charge in [-0.25, -0.2) is 0 Å². The van der Waals surface area contributed by atoms with Crippen LogP contribution in [0.4, 0.5) is 0 Å². The van der Waals surface area contributed by atoms with Gasteiger partial charge in [-0.2, -0.15) is 0 Å². The smallest absolute Gasteiger partial charge is 0.194 e. The van der Waals surface area contributed by atoms with Crippen molar-refractivity contribution < 1.29 is 9.15 Å². The summed E-state index contributed by atoms with van der Waals surface area (Å²) in [4.78, 5) is 7.10. The Morgan fingerprint density at radius 3 is 2.92 bits per heavy atom. The van der Waals surface area contributed by atoms with E-state index in [0.29, 0.717) is 6.61 Å². The van der Waals surface area contributed by atoms with E-state index < -0.39 is 0 Å². The maximum Gasteiger partial charge on any atom is 0.194 e. The number of ether oxygens (including phenoxy) is 1. The maximum absolute atomic E-state index is 6.05. The predicted octanol–water partition coefficient (Wildman–Crippen LogP) is 3.56. The van der Waals surface area contributed by atoms with Gasteiger partial charge in [-0.1, -0.05) is 31.2 Å². The minimum absolute atomic E-state index is 0.0867. The molecule has 0 amide bonds. The average Bonchev–Trinajstić information content (AvgIpc) is 3.18. The lowest BCUT2D eigenvalue weighted by molar-refractivity contribution is -0.00835. The molecule has 5 nitrogen and oxygen atoms in total. The van der Waals surface area contributed by atoms with E-state index in [9.17, 15) is 0 Å². The molecule has 0 bridgehead atoms. The summed E-state index contributed by atoms with van der Waals surface area (Å²) >= 11 is 0. The van der Waals surface area contributed by atoms with E-state index in [1.54, 1.807) is 6.26 Å². The third-order valence-corrected chi connectivity index (χ3v) is 4.62. The van der Waals surface area contributed by atoms with Gasteiger partial charge in [-0.05, 0) is 36.6 Å². The molecule has 1 atom stereocenters. The molecule has 140 valence electrons. The molecule has 3 rings (SSSR count). The first-order chi connectivity index (χ1) is 12.8. The zero-order valence-electron chi connectivity index (χ0n) is 15.8. The molecule has 2 heterocycles. The minimum Gasteiger partial charge on any atom is -0.469 e. The van der Waals surface area contributed by atoms with Crippen LogP contribution < -0.4 is 5.32 Å². The largest absolute Gasteiger partial charge is 0.469 e. The first kappa shape index (κ1) is 18.5. The van der Waals surface area contributed by atoms with Crippen LogP contribution in [-0.4, -0.2) is 43.6 Å². The summed E-state index contributed by atoms with van der Waals surface area (Å²) in [6.45, 7) is 8.33. The molecule has 1 unspecified atom stereocenters. The van der Waals surface area contributed by atoms with Crippen LogP contribution in [0.25, 0.3) is 0 Å². The number of aliphatic imine (C=N–C) groups is 1. The number of morpholine rings is 1. The molecule has 1 aliphatic heterocycles. The van der Waals surface area contributed by atoms with Crippen LogP contribution >= 0.6 is 0 Å². The van der Waals surface area contributed by atoms with E-state index in [1.807, 2.05) is 12.1 Å². The van der Waals surface area contributed by atoms with Gasteiger partial charge in [0, 0.05) is 26.1 Å². The fourth-order valence-corrected chi connectivity index (χ4v) is 3.22. The molecule has 0 spiro atoms. The molecule has 1 aromatic heterocycles. The van der Waals surface area contributed by atoms with Crippen molar-refractivity contribution >= 4 is 5.96 Å². The van der Waals surface area contributed by atoms with Crippen molar-refractivity contribution in [2.24, 2.45) is 4.99 Å². The van der Waals surface area contributed by atoms with Crippen LogP contribution in [0.15, 0.2) is 52.1 Å². The van der Waals surface area contributed by atoms with Crippen molar-refractivity contribution in [3.05, 3.63) is 59.5 Å². The summed E-state index contributed by atoms with van der Waals surface area (Å²) in [5, 5.41) is 3.51. The highest BCUT2D eigenvalue weighted by Gasteiger charge is 2.25. The minimum atomic E-state index is 0.0867. The van der Waals surface area contributed by atoms with Crippen LogP contribution in [0.5, 0.6) is 0 Å². The molecule has 1 N–H and O–H groups in total. The molecule has 26 heavy (non-hydrogen) atoms. The van der Waals surface area contributed by atoms with Gasteiger partial charge >= 0.3 is 0 Å². The number of hydrogen-bond donors (Lipinski definition) is 1. The third-order valence-electron chi connectivity index (χ3n) is 4.62. The SMILES string of the molecule is CCCN=C(NCCc1ccco1)N1CCOC(c2ccccc2C)C1. The third kappa shape index (κ3) is 4.88. The van der Waals surface area contributed by atoms with Crippen LogP contribution in [0, 0.1) is 6.92 Å². The number of guanidine groups is 1. The summed E-state index contributed by atoms with van der Waals surface area (Å²) in [7, 11) is 0. The van der Waals surface area contributed by atoms with Crippen LogP contribution in [0.2, 0.25) is 0 Å². The molecular weight excluding hydrogens is 326 g/mol. The molecule has 1 saturated heterocycles. The summed E-state index contributed by atoms with van der Waals surface area (Å²) < 4.78 is 11.5. The van der Waals surface area contributed by atoms with Gasteiger partial charge in [0.1, 0.15) is 11.9 Å². The van der Waals surface area contributed by atoms with Gasteiger partial charge in [-0.15, -0.1) is 0 Å². The lowest BCUT2D eigenvalue weighted by Gasteiger charge is -2.36. The number of nitrogens with zero attached hydrogens (tertiary/aromatic N) is 2. The number of rotatable bonds is 6. The van der Waals surface area contributed by atoms with Crippen molar-refractivity contribution in [2.75, 3.05) is 32.8 Å². The first-order valence-electron chi connectivity index (χ1n) is 9.50. The molecule has 1 fully saturated rings. The van der Waals surface area contributed by atoms with Crippen molar-refractivity contribution in [1.82, 2.24) is 10.2 Å². The van der Waals surface area contributed by atoms with Crippen LogP contribution in [0.3, 0.4) is 0 Å². The zero-order valence-corrected chi connectivity index (χ0v) is 15.8. The molecule has 1 aromatic carbocycles. The molecule has 0 radical (unpaired) electrons. The van der Waals surface area contributed by atoms with Gasteiger partial charge in [-0.3, -0.25) is 4.99 Å².